The van der Waals surface area contributed by atoms with Crippen LogP contribution in [-0.2, 0) is 6.42 Å². The van der Waals surface area contributed by atoms with Gasteiger partial charge in [-0.3, -0.25) is 4.79 Å². The van der Waals surface area contributed by atoms with Crippen LogP contribution in [0.2, 0.25) is 0 Å². The minimum Gasteiger partial charge on any atom is -0.356 e. The van der Waals surface area contributed by atoms with Crippen molar-refractivity contribution in [1.82, 2.24) is 10.3 Å². The van der Waals surface area contributed by atoms with Gasteiger partial charge in [0, 0.05) is 23.2 Å². The summed E-state index contributed by atoms with van der Waals surface area (Å²) in [4.78, 5) is 15.7. The fourth-order valence-corrected chi connectivity index (χ4v) is 4.00. The number of carbonyl (C=O) groups excluding carboxylic acids is 1. The van der Waals surface area contributed by atoms with Crippen LogP contribution in [0.25, 0.3) is 22.0 Å². The highest BCUT2D eigenvalue weighted by Gasteiger charge is 2.14. The zero-order chi connectivity index (χ0) is 21.3. The van der Waals surface area contributed by atoms with Crippen LogP contribution in [0.5, 0.6) is 0 Å². The first-order valence-corrected chi connectivity index (χ1v) is 10.2. The predicted octanol–water partition coefficient (Wildman–Crippen LogP) is 5.87. The maximum atomic E-state index is 14.1. The van der Waals surface area contributed by atoms with E-state index in [1.54, 1.807) is 6.07 Å². The Morgan fingerprint density at radius 2 is 1.73 bits per heavy atom. The molecule has 152 valence electrons. The van der Waals surface area contributed by atoms with Crippen molar-refractivity contribution in [2.75, 3.05) is 6.54 Å². The summed E-state index contributed by atoms with van der Waals surface area (Å²) in [7, 11) is 0. The number of aromatic nitrogens is 1. The molecular weight excluding hydrogens is 375 g/mol. The molecule has 1 amide bonds. The van der Waals surface area contributed by atoms with E-state index in [9.17, 15) is 9.18 Å². The second kappa shape index (κ2) is 8.15. The Kier molecular flexibility index (Phi) is 5.40. The summed E-state index contributed by atoms with van der Waals surface area (Å²) < 4.78 is 14.1. The van der Waals surface area contributed by atoms with Crippen molar-refractivity contribution in [3.63, 3.8) is 0 Å². The zero-order valence-corrected chi connectivity index (χ0v) is 17.5. The minimum atomic E-state index is -0.248. The summed E-state index contributed by atoms with van der Waals surface area (Å²) in [6, 6.07) is 19.2. The largest absolute Gasteiger partial charge is 0.356 e. The first-order chi connectivity index (χ1) is 14.4. The van der Waals surface area contributed by atoms with Crippen LogP contribution in [0.3, 0.4) is 0 Å². The number of aryl methyl sites for hydroxylation is 3. The topological polar surface area (TPSA) is 44.9 Å². The Morgan fingerprint density at radius 1 is 0.967 bits per heavy atom. The number of nitrogens with one attached hydrogen (secondary N) is 2. The highest BCUT2D eigenvalue weighted by molar-refractivity contribution is 5.94. The fourth-order valence-electron chi connectivity index (χ4n) is 4.00. The molecule has 4 heteroatoms. The van der Waals surface area contributed by atoms with Gasteiger partial charge < -0.3 is 10.3 Å². The summed E-state index contributed by atoms with van der Waals surface area (Å²) in [5, 5.41) is 3.91. The summed E-state index contributed by atoms with van der Waals surface area (Å²) in [5.74, 6) is -0.353. The molecule has 0 aliphatic carbocycles. The maximum Gasteiger partial charge on any atom is 0.251 e. The smallest absolute Gasteiger partial charge is 0.251 e. The number of rotatable bonds is 5. The standard InChI is InChI=1S/C26H25FN2O/c1-16-5-4-6-21(15-16)19-8-10-20(11-9-19)26(30)28-14-13-22-18(3)29-25-23(27)12-7-17(2)24(22)25/h4-12,15,29H,13-14H2,1-3H3,(H,28,30). The van der Waals surface area contributed by atoms with Crippen LogP contribution < -0.4 is 5.32 Å². The summed E-state index contributed by atoms with van der Waals surface area (Å²) in [6.07, 6.45) is 0.642. The molecule has 0 atom stereocenters. The first kappa shape index (κ1) is 19.9. The first-order valence-electron chi connectivity index (χ1n) is 10.2. The number of benzene rings is 3. The summed E-state index contributed by atoms with van der Waals surface area (Å²) >= 11 is 0. The van der Waals surface area contributed by atoms with Gasteiger partial charge in [-0.2, -0.15) is 0 Å². The highest BCUT2D eigenvalue weighted by atomic mass is 19.1. The van der Waals surface area contributed by atoms with E-state index in [0.29, 0.717) is 24.0 Å². The van der Waals surface area contributed by atoms with E-state index >= 15 is 0 Å². The van der Waals surface area contributed by atoms with Gasteiger partial charge in [-0.25, -0.2) is 4.39 Å². The predicted molar refractivity (Wildman–Crippen MR) is 120 cm³/mol. The Hall–Kier alpha value is -3.40. The molecule has 1 aromatic heterocycles. The number of hydrogen-bond acceptors (Lipinski definition) is 1. The fraction of sp³-hybridized carbons (Fsp3) is 0.192. The lowest BCUT2D eigenvalue weighted by Gasteiger charge is -2.08. The lowest BCUT2D eigenvalue weighted by Crippen LogP contribution is -2.25. The molecule has 3 nitrogen and oxygen atoms in total. The molecule has 0 aliphatic rings. The Morgan fingerprint density at radius 3 is 2.47 bits per heavy atom. The molecule has 0 aliphatic heterocycles. The van der Waals surface area contributed by atoms with Crippen molar-refractivity contribution in [2.24, 2.45) is 0 Å². The molecule has 2 N–H and O–H groups in total. The third-order valence-corrected chi connectivity index (χ3v) is 5.59. The summed E-state index contributed by atoms with van der Waals surface area (Å²) in [5.41, 5.74) is 7.62. The molecule has 30 heavy (non-hydrogen) atoms. The molecule has 1 heterocycles. The van der Waals surface area contributed by atoms with E-state index in [1.807, 2.05) is 44.2 Å². The normalized spacial score (nSPS) is 11.1. The number of aromatic amines is 1. The molecule has 0 fully saturated rings. The van der Waals surface area contributed by atoms with Gasteiger partial charge in [0.15, 0.2) is 0 Å². The molecule has 3 aromatic carbocycles. The third-order valence-electron chi connectivity index (χ3n) is 5.59. The maximum absolute atomic E-state index is 14.1. The second-order valence-corrected chi connectivity index (χ2v) is 7.80. The van der Waals surface area contributed by atoms with E-state index in [4.69, 9.17) is 0 Å². The molecule has 0 bridgehead atoms. The summed E-state index contributed by atoms with van der Waals surface area (Å²) in [6.45, 7) is 6.48. The Bertz CT molecular complexity index is 1220. The van der Waals surface area contributed by atoms with Gasteiger partial charge in [0.1, 0.15) is 5.82 Å². The average molecular weight is 400 g/mol. The van der Waals surface area contributed by atoms with Crippen LogP contribution in [0.4, 0.5) is 4.39 Å². The van der Waals surface area contributed by atoms with Crippen molar-refractivity contribution < 1.29 is 9.18 Å². The molecule has 0 saturated carbocycles. The van der Waals surface area contributed by atoms with Crippen molar-refractivity contribution in [3.05, 3.63) is 94.4 Å². The Balaban J connectivity index is 1.44. The number of halogens is 1. The number of fused-ring (bicyclic) bond motifs is 1. The van der Waals surface area contributed by atoms with Gasteiger partial charge in [0.05, 0.1) is 5.52 Å². The van der Waals surface area contributed by atoms with Crippen LogP contribution in [0.1, 0.15) is 32.7 Å². The number of amides is 1. The quantitative estimate of drug-likeness (QED) is 0.432. The average Bonchev–Trinajstić information content (AvgIpc) is 3.08. The molecule has 4 aromatic rings. The lowest BCUT2D eigenvalue weighted by molar-refractivity contribution is 0.0954. The number of H-pyrrole nitrogens is 1. The van der Waals surface area contributed by atoms with E-state index < -0.39 is 0 Å². The second-order valence-electron chi connectivity index (χ2n) is 7.80. The molecule has 0 radical (unpaired) electrons. The van der Waals surface area contributed by atoms with Crippen molar-refractivity contribution in [3.8, 4) is 11.1 Å². The van der Waals surface area contributed by atoms with Crippen molar-refractivity contribution in [1.29, 1.82) is 0 Å². The monoisotopic (exact) mass is 400 g/mol. The van der Waals surface area contributed by atoms with Crippen molar-refractivity contribution >= 4 is 16.8 Å². The molecule has 0 spiro atoms. The van der Waals surface area contributed by atoms with E-state index in [1.165, 1.54) is 11.6 Å². The highest BCUT2D eigenvalue weighted by Crippen LogP contribution is 2.28. The lowest BCUT2D eigenvalue weighted by atomic mass is 10.0. The zero-order valence-electron chi connectivity index (χ0n) is 17.5. The van der Waals surface area contributed by atoms with E-state index in [2.05, 4.69) is 35.4 Å². The van der Waals surface area contributed by atoms with Crippen LogP contribution >= 0.6 is 0 Å². The molecule has 4 rings (SSSR count). The van der Waals surface area contributed by atoms with Crippen LogP contribution in [0, 0.1) is 26.6 Å². The van der Waals surface area contributed by atoms with Crippen LogP contribution in [0.15, 0.2) is 60.7 Å². The van der Waals surface area contributed by atoms with Gasteiger partial charge in [-0.15, -0.1) is 0 Å². The van der Waals surface area contributed by atoms with Gasteiger partial charge in [-0.1, -0.05) is 48.0 Å². The SMILES string of the molecule is Cc1cccc(-c2ccc(C(=O)NCCc3c(C)[nH]c4c(F)ccc(C)c34)cc2)c1. The minimum absolute atomic E-state index is 0.105. The van der Waals surface area contributed by atoms with Gasteiger partial charge in [0.2, 0.25) is 0 Å². The molecule has 0 saturated heterocycles. The Labute approximate surface area is 176 Å². The van der Waals surface area contributed by atoms with E-state index in [0.717, 1.165) is 33.3 Å². The van der Waals surface area contributed by atoms with Crippen molar-refractivity contribution in [2.45, 2.75) is 27.2 Å². The van der Waals surface area contributed by atoms with Gasteiger partial charge in [0.25, 0.3) is 5.91 Å². The van der Waals surface area contributed by atoms with Gasteiger partial charge >= 0.3 is 0 Å². The molecular formula is C26H25FN2O. The number of hydrogen-bond donors (Lipinski definition) is 2. The van der Waals surface area contributed by atoms with E-state index in [-0.39, 0.29) is 11.7 Å². The third kappa shape index (κ3) is 3.86. The number of carbonyl (C=O) groups is 1. The van der Waals surface area contributed by atoms with Crippen LogP contribution in [-0.4, -0.2) is 17.4 Å². The molecule has 0 unspecified atom stereocenters. The van der Waals surface area contributed by atoms with Gasteiger partial charge in [-0.05, 0) is 67.6 Å².